The standard InChI is InChI=1S/C9H9BrO2S/c10-8-3-1-2-7(4-8)5-12-9(11)6-13/h1-4,13H,5-6H2. The number of rotatable bonds is 3. The molecule has 0 bridgehead atoms. The summed E-state index contributed by atoms with van der Waals surface area (Å²) in [7, 11) is 0. The minimum atomic E-state index is -0.302. The number of benzene rings is 1. The molecule has 0 heterocycles. The summed E-state index contributed by atoms with van der Waals surface area (Å²) in [5.41, 5.74) is 0.963. The van der Waals surface area contributed by atoms with Crippen molar-refractivity contribution in [3.8, 4) is 0 Å². The molecule has 0 N–H and O–H groups in total. The van der Waals surface area contributed by atoms with Crippen LogP contribution in [0.2, 0.25) is 0 Å². The van der Waals surface area contributed by atoms with Crippen LogP contribution < -0.4 is 0 Å². The molecule has 0 aliphatic heterocycles. The second kappa shape index (κ2) is 5.29. The molecule has 0 amide bonds. The molecule has 70 valence electrons. The molecule has 0 saturated carbocycles. The molecule has 1 aromatic carbocycles. The minimum absolute atomic E-state index is 0.119. The van der Waals surface area contributed by atoms with E-state index in [2.05, 4.69) is 28.6 Å². The van der Waals surface area contributed by atoms with E-state index in [1.165, 1.54) is 0 Å². The van der Waals surface area contributed by atoms with E-state index in [1.807, 2.05) is 24.3 Å². The van der Waals surface area contributed by atoms with E-state index in [0.717, 1.165) is 10.0 Å². The lowest BCUT2D eigenvalue weighted by Gasteiger charge is -2.02. The van der Waals surface area contributed by atoms with Gasteiger partial charge >= 0.3 is 5.97 Å². The van der Waals surface area contributed by atoms with Gasteiger partial charge in [-0.2, -0.15) is 12.6 Å². The summed E-state index contributed by atoms with van der Waals surface area (Å²) in [6.07, 6.45) is 0. The molecule has 2 nitrogen and oxygen atoms in total. The second-order valence-corrected chi connectivity index (χ2v) is 3.68. The first-order chi connectivity index (χ1) is 6.22. The smallest absolute Gasteiger partial charge is 0.315 e. The molecule has 0 radical (unpaired) electrons. The van der Waals surface area contributed by atoms with Crippen LogP contribution in [0.1, 0.15) is 5.56 Å². The van der Waals surface area contributed by atoms with E-state index in [4.69, 9.17) is 4.74 Å². The maximum atomic E-state index is 10.8. The fourth-order valence-electron chi connectivity index (χ4n) is 0.836. The maximum Gasteiger partial charge on any atom is 0.315 e. The molecular formula is C9H9BrO2S. The Labute approximate surface area is 90.8 Å². The molecule has 0 unspecified atom stereocenters. The van der Waals surface area contributed by atoms with Crippen molar-refractivity contribution >= 4 is 34.5 Å². The SMILES string of the molecule is O=C(CS)OCc1cccc(Br)c1. The summed E-state index contributed by atoms with van der Waals surface area (Å²) in [5.74, 6) is -0.183. The lowest BCUT2D eigenvalue weighted by atomic mass is 10.2. The van der Waals surface area contributed by atoms with Crippen molar-refractivity contribution in [2.75, 3.05) is 5.75 Å². The van der Waals surface area contributed by atoms with Crippen LogP contribution in [0.3, 0.4) is 0 Å². The lowest BCUT2D eigenvalue weighted by Crippen LogP contribution is -2.05. The fourth-order valence-corrected chi connectivity index (χ4v) is 1.37. The third-order valence-corrected chi connectivity index (χ3v) is 2.17. The van der Waals surface area contributed by atoms with Gasteiger partial charge in [-0.25, -0.2) is 0 Å². The van der Waals surface area contributed by atoms with Crippen molar-refractivity contribution in [3.63, 3.8) is 0 Å². The minimum Gasteiger partial charge on any atom is -0.460 e. The van der Waals surface area contributed by atoms with Gasteiger partial charge in [0.15, 0.2) is 0 Å². The molecule has 0 fully saturated rings. The van der Waals surface area contributed by atoms with Crippen molar-refractivity contribution in [1.29, 1.82) is 0 Å². The summed E-state index contributed by atoms with van der Waals surface area (Å²) in [4.78, 5) is 10.8. The van der Waals surface area contributed by atoms with E-state index in [-0.39, 0.29) is 11.7 Å². The van der Waals surface area contributed by atoms with Crippen LogP contribution in [0.5, 0.6) is 0 Å². The lowest BCUT2D eigenvalue weighted by molar-refractivity contribution is -0.141. The normalized spacial score (nSPS) is 9.69. The highest BCUT2D eigenvalue weighted by Crippen LogP contribution is 2.12. The Balaban J connectivity index is 2.50. The molecular weight excluding hydrogens is 252 g/mol. The zero-order valence-electron chi connectivity index (χ0n) is 6.87. The van der Waals surface area contributed by atoms with Gasteiger partial charge in [0.1, 0.15) is 6.61 Å². The average Bonchev–Trinajstić information content (AvgIpc) is 2.14. The van der Waals surface area contributed by atoms with Crippen LogP contribution in [0.4, 0.5) is 0 Å². The summed E-state index contributed by atoms with van der Waals surface area (Å²) < 4.78 is 5.87. The highest BCUT2D eigenvalue weighted by molar-refractivity contribution is 9.10. The van der Waals surface area contributed by atoms with Crippen LogP contribution in [-0.2, 0) is 16.1 Å². The largest absolute Gasteiger partial charge is 0.460 e. The van der Waals surface area contributed by atoms with Gasteiger partial charge in [-0.3, -0.25) is 4.79 Å². The van der Waals surface area contributed by atoms with E-state index in [0.29, 0.717) is 6.61 Å². The summed E-state index contributed by atoms with van der Waals surface area (Å²) in [6.45, 7) is 0.304. The van der Waals surface area contributed by atoms with Crippen LogP contribution >= 0.6 is 28.6 Å². The van der Waals surface area contributed by atoms with Gasteiger partial charge in [0.2, 0.25) is 0 Å². The van der Waals surface area contributed by atoms with Gasteiger partial charge in [0.05, 0.1) is 5.75 Å². The first-order valence-corrected chi connectivity index (χ1v) is 5.16. The summed E-state index contributed by atoms with van der Waals surface area (Å²) in [5, 5.41) is 0. The Morgan fingerprint density at radius 1 is 1.54 bits per heavy atom. The molecule has 13 heavy (non-hydrogen) atoms. The first kappa shape index (κ1) is 10.6. The summed E-state index contributed by atoms with van der Waals surface area (Å²) in [6, 6.07) is 7.63. The van der Waals surface area contributed by atoms with Crippen molar-refractivity contribution < 1.29 is 9.53 Å². The van der Waals surface area contributed by atoms with Crippen LogP contribution in [-0.4, -0.2) is 11.7 Å². The molecule has 1 aromatic rings. The number of hydrogen-bond donors (Lipinski definition) is 1. The Kier molecular flexibility index (Phi) is 4.32. The average molecular weight is 261 g/mol. The van der Waals surface area contributed by atoms with Crippen LogP contribution in [0, 0.1) is 0 Å². The number of ether oxygens (including phenoxy) is 1. The number of carbonyl (C=O) groups excluding carboxylic acids is 1. The fraction of sp³-hybridized carbons (Fsp3) is 0.222. The van der Waals surface area contributed by atoms with Crippen molar-refractivity contribution in [1.82, 2.24) is 0 Å². The van der Waals surface area contributed by atoms with Crippen molar-refractivity contribution in [3.05, 3.63) is 34.3 Å². The molecule has 4 heteroatoms. The number of thiol groups is 1. The predicted molar refractivity (Wildman–Crippen MR) is 57.8 cm³/mol. The molecule has 0 aliphatic carbocycles. The van der Waals surface area contributed by atoms with Crippen LogP contribution in [0.15, 0.2) is 28.7 Å². The van der Waals surface area contributed by atoms with E-state index in [1.54, 1.807) is 0 Å². The van der Waals surface area contributed by atoms with E-state index in [9.17, 15) is 4.79 Å². The van der Waals surface area contributed by atoms with Crippen molar-refractivity contribution in [2.45, 2.75) is 6.61 Å². The number of carbonyl (C=O) groups is 1. The third-order valence-electron chi connectivity index (χ3n) is 1.42. The zero-order valence-corrected chi connectivity index (χ0v) is 9.35. The molecule has 0 saturated heterocycles. The number of hydrogen-bond acceptors (Lipinski definition) is 3. The van der Waals surface area contributed by atoms with Gasteiger partial charge in [0.25, 0.3) is 0 Å². The van der Waals surface area contributed by atoms with E-state index >= 15 is 0 Å². The maximum absolute atomic E-state index is 10.8. The molecule has 1 rings (SSSR count). The Hall–Kier alpha value is -0.480. The Bertz CT molecular complexity index is 301. The van der Waals surface area contributed by atoms with Gasteiger partial charge in [-0.1, -0.05) is 28.1 Å². The monoisotopic (exact) mass is 260 g/mol. The molecule has 0 aromatic heterocycles. The number of esters is 1. The third kappa shape index (κ3) is 3.83. The molecule has 0 spiro atoms. The Morgan fingerprint density at radius 2 is 2.31 bits per heavy atom. The van der Waals surface area contributed by atoms with Gasteiger partial charge < -0.3 is 4.74 Å². The van der Waals surface area contributed by atoms with Crippen LogP contribution in [0.25, 0.3) is 0 Å². The second-order valence-electron chi connectivity index (χ2n) is 2.45. The van der Waals surface area contributed by atoms with E-state index < -0.39 is 0 Å². The van der Waals surface area contributed by atoms with Crippen molar-refractivity contribution in [2.24, 2.45) is 0 Å². The zero-order chi connectivity index (χ0) is 9.68. The topological polar surface area (TPSA) is 26.3 Å². The predicted octanol–water partition coefficient (Wildman–Crippen LogP) is 2.42. The van der Waals surface area contributed by atoms with Gasteiger partial charge in [-0.15, -0.1) is 0 Å². The van der Waals surface area contributed by atoms with Gasteiger partial charge in [-0.05, 0) is 17.7 Å². The summed E-state index contributed by atoms with van der Waals surface area (Å²) >= 11 is 7.13. The first-order valence-electron chi connectivity index (χ1n) is 3.73. The van der Waals surface area contributed by atoms with Gasteiger partial charge in [0, 0.05) is 4.47 Å². The highest BCUT2D eigenvalue weighted by atomic mass is 79.9. The Morgan fingerprint density at radius 3 is 2.92 bits per heavy atom. The quantitative estimate of drug-likeness (QED) is 0.668. The number of halogens is 1. The highest BCUT2D eigenvalue weighted by Gasteiger charge is 1.99. The molecule has 0 atom stereocenters. The molecule has 0 aliphatic rings.